The van der Waals surface area contributed by atoms with Crippen molar-refractivity contribution in [1.29, 1.82) is 0 Å². The summed E-state index contributed by atoms with van der Waals surface area (Å²) in [7, 11) is 0. The van der Waals surface area contributed by atoms with Gasteiger partial charge in [-0.15, -0.1) is 0 Å². The highest BCUT2D eigenvalue weighted by molar-refractivity contribution is 9.10. The minimum atomic E-state index is -1.21. The topological polar surface area (TPSA) is 103 Å². The Labute approximate surface area is 127 Å². The van der Waals surface area contributed by atoms with Crippen molar-refractivity contribution in [1.82, 2.24) is 4.98 Å². The van der Waals surface area contributed by atoms with Crippen LogP contribution in [-0.2, 0) is 0 Å². The molecule has 1 aromatic carbocycles. The Bertz CT molecular complexity index is 732. The third-order valence-electron chi connectivity index (χ3n) is 2.55. The van der Waals surface area contributed by atoms with E-state index in [0.29, 0.717) is 10.2 Å². The maximum Gasteiger partial charge on any atom is 0.339 e. The first-order valence-electron chi connectivity index (χ1n) is 5.71. The molecule has 1 aromatic heterocycles. The number of carbonyl (C=O) groups is 1. The smallest absolute Gasteiger partial charge is 0.339 e. The highest BCUT2D eigenvalue weighted by atomic mass is 79.9. The minimum absolute atomic E-state index is 0.0214. The van der Waals surface area contributed by atoms with E-state index in [1.807, 2.05) is 0 Å². The number of hydrogen-bond acceptors (Lipinski definition) is 5. The summed E-state index contributed by atoms with van der Waals surface area (Å²) in [5.74, 6) is -1.47. The fourth-order valence-corrected chi connectivity index (χ4v) is 1.96. The van der Waals surface area contributed by atoms with Crippen LogP contribution in [0, 0.1) is 17.0 Å². The van der Waals surface area contributed by atoms with Gasteiger partial charge in [-0.1, -0.05) is 15.9 Å². The molecule has 8 heteroatoms. The molecule has 0 bridgehead atoms. The van der Waals surface area contributed by atoms with Gasteiger partial charge in [0.15, 0.2) is 0 Å². The quantitative estimate of drug-likeness (QED) is 0.666. The predicted molar refractivity (Wildman–Crippen MR) is 76.8 cm³/mol. The van der Waals surface area contributed by atoms with Crippen LogP contribution in [0.5, 0.6) is 11.6 Å². The molecule has 2 rings (SSSR count). The molecule has 0 saturated carbocycles. The fraction of sp³-hybridized carbons (Fsp3) is 0.0769. The molecule has 2 aromatic rings. The van der Waals surface area contributed by atoms with Crippen molar-refractivity contribution in [2.45, 2.75) is 6.92 Å². The Morgan fingerprint density at radius 1 is 1.38 bits per heavy atom. The van der Waals surface area contributed by atoms with Crippen LogP contribution in [0.3, 0.4) is 0 Å². The van der Waals surface area contributed by atoms with Gasteiger partial charge in [0, 0.05) is 16.2 Å². The molecule has 0 fully saturated rings. The van der Waals surface area contributed by atoms with E-state index >= 15 is 0 Å². The third kappa shape index (κ3) is 3.34. The summed E-state index contributed by atoms with van der Waals surface area (Å²) < 4.78 is 5.90. The molecular weight excluding hydrogens is 344 g/mol. The number of pyridine rings is 1. The molecule has 108 valence electrons. The van der Waals surface area contributed by atoms with Crippen molar-refractivity contribution < 1.29 is 19.6 Å². The van der Waals surface area contributed by atoms with Crippen molar-refractivity contribution in [2.24, 2.45) is 0 Å². The number of nitro groups is 1. The Hall–Kier alpha value is -2.48. The monoisotopic (exact) mass is 352 g/mol. The maximum absolute atomic E-state index is 11.2. The summed E-state index contributed by atoms with van der Waals surface area (Å²) in [6.45, 7) is 1.65. The number of carboxylic acids is 1. The third-order valence-corrected chi connectivity index (χ3v) is 3.05. The Morgan fingerprint density at radius 3 is 2.71 bits per heavy atom. The number of carboxylic acid groups (broad SMARTS) is 1. The molecular formula is C13H9BrN2O5. The number of ether oxygens (including phenoxy) is 1. The average Bonchev–Trinajstić information content (AvgIpc) is 2.40. The Kier molecular flexibility index (Phi) is 4.18. The van der Waals surface area contributed by atoms with Crippen LogP contribution in [-0.4, -0.2) is 21.0 Å². The lowest BCUT2D eigenvalue weighted by atomic mass is 10.2. The van der Waals surface area contributed by atoms with Crippen LogP contribution in [0.1, 0.15) is 16.1 Å². The molecule has 0 unspecified atom stereocenters. The van der Waals surface area contributed by atoms with E-state index in [-0.39, 0.29) is 22.9 Å². The summed E-state index contributed by atoms with van der Waals surface area (Å²) in [5.41, 5.74) is 0.0615. The molecule has 0 spiro atoms. The molecule has 0 atom stereocenters. The SMILES string of the molecule is Cc1ccc([N+](=O)[O-])c(Oc2ccc(Br)cc2C(=O)O)n1. The summed E-state index contributed by atoms with van der Waals surface area (Å²) in [6, 6.07) is 7.06. The van der Waals surface area contributed by atoms with Gasteiger partial charge in [-0.05, 0) is 31.2 Å². The van der Waals surface area contributed by atoms with Crippen molar-refractivity contribution >= 4 is 27.6 Å². The van der Waals surface area contributed by atoms with E-state index in [2.05, 4.69) is 20.9 Å². The minimum Gasteiger partial charge on any atom is -0.478 e. The Morgan fingerprint density at radius 2 is 2.10 bits per heavy atom. The van der Waals surface area contributed by atoms with Gasteiger partial charge in [-0.3, -0.25) is 10.1 Å². The standard InChI is InChI=1S/C13H9BrN2O5/c1-7-2-4-10(16(19)20)12(15-7)21-11-5-3-8(14)6-9(11)13(17)18/h2-6H,1H3,(H,17,18). The lowest BCUT2D eigenvalue weighted by Crippen LogP contribution is -2.02. The molecule has 21 heavy (non-hydrogen) atoms. The van der Waals surface area contributed by atoms with E-state index in [4.69, 9.17) is 9.84 Å². The summed E-state index contributed by atoms with van der Waals surface area (Å²) in [5, 5.41) is 20.1. The van der Waals surface area contributed by atoms with Crippen molar-refractivity contribution in [2.75, 3.05) is 0 Å². The highest BCUT2D eigenvalue weighted by Gasteiger charge is 2.20. The zero-order chi connectivity index (χ0) is 15.6. The molecule has 0 radical (unpaired) electrons. The first-order valence-corrected chi connectivity index (χ1v) is 6.50. The molecule has 0 aliphatic rings. The number of aryl methyl sites for hydroxylation is 1. The van der Waals surface area contributed by atoms with Crippen LogP contribution in [0.2, 0.25) is 0 Å². The average molecular weight is 353 g/mol. The van der Waals surface area contributed by atoms with Crippen LogP contribution in [0.15, 0.2) is 34.8 Å². The van der Waals surface area contributed by atoms with Crippen LogP contribution in [0.4, 0.5) is 5.69 Å². The van der Waals surface area contributed by atoms with Gasteiger partial charge in [0.25, 0.3) is 5.88 Å². The predicted octanol–water partition coefficient (Wildman–Crippen LogP) is 3.55. The number of halogens is 1. The van der Waals surface area contributed by atoms with Crippen molar-refractivity contribution in [3.8, 4) is 11.6 Å². The highest BCUT2D eigenvalue weighted by Crippen LogP contribution is 2.32. The first-order chi connectivity index (χ1) is 9.88. The van der Waals surface area contributed by atoms with E-state index in [0.717, 1.165) is 0 Å². The van der Waals surface area contributed by atoms with E-state index in [1.165, 1.54) is 24.3 Å². The van der Waals surface area contributed by atoms with Crippen LogP contribution < -0.4 is 4.74 Å². The van der Waals surface area contributed by atoms with E-state index in [9.17, 15) is 14.9 Å². The van der Waals surface area contributed by atoms with Crippen molar-refractivity contribution in [3.05, 3.63) is 56.2 Å². The van der Waals surface area contributed by atoms with E-state index < -0.39 is 10.9 Å². The second kappa shape index (κ2) is 5.88. The number of aromatic carboxylic acids is 1. The second-order valence-electron chi connectivity index (χ2n) is 4.08. The van der Waals surface area contributed by atoms with Gasteiger partial charge in [-0.25, -0.2) is 9.78 Å². The van der Waals surface area contributed by atoms with Gasteiger partial charge in [0.2, 0.25) is 0 Å². The van der Waals surface area contributed by atoms with Gasteiger partial charge in [0.05, 0.1) is 4.92 Å². The number of hydrogen-bond donors (Lipinski definition) is 1. The van der Waals surface area contributed by atoms with Crippen molar-refractivity contribution in [3.63, 3.8) is 0 Å². The van der Waals surface area contributed by atoms with Crippen LogP contribution >= 0.6 is 15.9 Å². The normalized spacial score (nSPS) is 10.2. The summed E-state index contributed by atoms with van der Waals surface area (Å²) in [4.78, 5) is 25.5. The largest absolute Gasteiger partial charge is 0.478 e. The number of aromatic nitrogens is 1. The zero-order valence-corrected chi connectivity index (χ0v) is 12.3. The molecule has 0 aliphatic heterocycles. The van der Waals surface area contributed by atoms with Gasteiger partial charge in [-0.2, -0.15) is 0 Å². The van der Waals surface area contributed by atoms with Gasteiger partial charge in [0.1, 0.15) is 11.3 Å². The molecule has 0 saturated heterocycles. The summed E-state index contributed by atoms with van der Waals surface area (Å²) in [6.07, 6.45) is 0. The lowest BCUT2D eigenvalue weighted by molar-refractivity contribution is -0.386. The molecule has 0 amide bonds. The van der Waals surface area contributed by atoms with Gasteiger partial charge >= 0.3 is 11.7 Å². The second-order valence-corrected chi connectivity index (χ2v) is 5.00. The number of benzene rings is 1. The fourth-order valence-electron chi connectivity index (χ4n) is 1.60. The number of rotatable bonds is 4. The number of nitrogens with zero attached hydrogens (tertiary/aromatic N) is 2. The lowest BCUT2D eigenvalue weighted by Gasteiger charge is -2.09. The molecule has 1 heterocycles. The van der Waals surface area contributed by atoms with Gasteiger partial charge < -0.3 is 9.84 Å². The molecule has 1 N–H and O–H groups in total. The molecule has 7 nitrogen and oxygen atoms in total. The van der Waals surface area contributed by atoms with E-state index in [1.54, 1.807) is 13.0 Å². The van der Waals surface area contributed by atoms with Crippen LogP contribution in [0.25, 0.3) is 0 Å². The Balaban J connectivity index is 2.50. The molecule has 0 aliphatic carbocycles. The summed E-state index contributed by atoms with van der Waals surface area (Å²) >= 11 is 3.16. The zero-order valence-electron chi connectivity index (χ0n) is 10.7. The first kappa shape index (κ1) is 14.9. The maximum atomic E-state index is 11.2.